The van der Waals surface area contributed by atoms with Gasteiger partial charge < -0.3 is 4.90 Å². The first kappa shape index (κ1) is 12.1. The van der Waals surface area contributed by atoms with Gasteiger partial charge in [-0.05, 0) is 5.92 Å². The standard InChI is InChI=1S/C12H17N3OS/c1-9(2)7-14(3)11(16)6-10-8-15-4-5-17-12(15)13-10/h4-5,8-9H,6-7H2,1-3H3. The maximum absolute atomic E-state index is 11.9. The Labute approximate surface area is 105 Å². The molecule has 92 valence electrons. The minimum Gasteiger partial charge on any atom is -0.345 e. The highest BCUT2D eigenvalue weighted by molar-refractivity contribution is 7.15. The summed E-state index contributed by atoms with van der Waals surface area (Å²) in [6.45, 7) is 5.01. The maximum atomic E-state index is 11.9. The number of aromatic nitrogens is 2. The molecular weight excluding hydrogens is 234 g/mol. The summed E-state index contributed by atoms with van der Waals surface area (Å²) < 4.78 is 1.95. The maximum Gasteiger partial charge on any atom is 0.228 e. The molecule has 4 nitrogen and oxygen atoms in total. The number of amides is 1. The highest BCUT2D eigenvalue weighted by Gasteiger charge is 2.13. The summed E-state index contributed by atoms with van der Waals surface area (Å²) in [5.41, 5.74) is 0.845. The number of rotatable bonds is 4. The second kappa shape index (κ2) is 4.87. The fraction of sp³-hybridized carbons (Fsp3) is 0.500. The zero-order chi connectivity index (χ0) is 12.4. The molecule has 2 aromatic rings. The molecule has 0 spiro atoms. The zero-order valence-corrected chi connectivity index (χ0v) is 11.2. The molecule has 1 amide bonds. The summed E-state index contributed by atoms with van der Waals surface area (Å²) in [6.07, 6.45) is 4.27. The van der Waals surface area contributed by atoms with Gasteiger partial charge in [0, 0.05) is 31.4 Å². The summed E-state index contributed by atoms with van der Waals surface area (Å²) in [4.78, 5) is 19.1. The summed E-state index contributed by atoms with van der Waals surface area (Å²) in [7, 11) is 1.85. The van der Waals surface area contributed by atoms with Crippen molar-refractivity contribution < 1.29 is 4.79 Å². The van der Waals surface area contributed by atoms with E-state index >= 15 is 0 Å². The molecule has 0 atom stereocenters. The smallest absolute Gasteiger partial charge is 0.228 e. The Hall–Kier alpha value is -1.36. The van der Waals surface area contributed by atoms with E-state index in [0.717, 1.165) is 17.2 Å². The van der Waals surface area contributed by atoms with E-state index in [1.807, 2.05) is 29.2 Å². The first-order valence-corrected chi connectivity index (χ1v) is 6.59. The Morgan fingerprint density at radius 3 is 3.00 bits per heavy atom. The van der Waals surface area contributed by atoms with Gasteiger partial charge in [0.2, 0.25) is 5.91 Å². The van der Waals surface area contributed by atoms with Crippen LogP contribution < -0.4 is 0 Å². The van der Waals surface area contributed by atoms with Crippen molar-refractivity contribution >= 4 is 22.2 Å². The van der Waals surface area contributed by atoms with Crippen molar-refractivity contribution in [2.45, 2.75) is 20.3 Å². The van der Waals surface area contributed by atoms with Gasteiger partial charge in [0.25, 0.3) is 0 Å². The molecule has 0 unspecified atom stereocenters. The number of carbonyl (C=O) groups is 1. The van der Waals surface area contributed by atoms with Crippen LogP contribution in [0, 0.1) is 5.92 Å². The molecule has 2 rings (SSSR count). The molecular formula is C12H17N3OS. The van der Waals surface area contributed by atoms with Crippen molar-refractivity contribution in [3.8, 4) is 0 Å². The van der Waals surface area contributed by atoms with Crippen molar-refractivity contribution in [3.63, 3.8) is 0 Å². The van der Waals surface area contributed by atoms with Crippen molar-refractivity contribution in [1.29, 1.82) is 0 Å². The SMILES string of the molecule is CC(C)CN(C)C(=O)Cc1cn2ccsc2n1. The Kier molecular flexibility index (Phi) is 3.47. The van der Waals surface area contributed by atoms with Crippen LogP contribution in [-0.4, -0.2) is 33.8 Å². The van der Waals surface area contributed by atoms with Crippen LogP contribution in [-0.2, 0) is 11.2 Å². The minimum absolute atomic E-state index is 0.129. The van der Waals surface area contributed by atoms with E-state index in [0.29, 0.717) is 12.3 Å². The molecule has 0 bridgehead atoms. The number of hydrogen-bond donors (Lipinski definition) is 0. The van der Waals surface area contributed by atoms with Gasteiger partial charge in [-0.3, -0.25) is 9.20 Å². The van der Waals surface area contributed by atoms with Gasteiger partial charge in [-0.25, -0.2) is 4.98 Å². The Bertz CT molecular complexity index is 486. The second-order valence-corrected chi connectivity index (χ2v) is 5.54. The Morgan fingerprint density at radius 1 is 1.59 bits per heavy atom. The lowest BCUT2D eigenvalue weighted by molar-refractivity contribution is -0.129. The van der Waals surface area contributed by atoms with Gasteiger partial charge >= 0.3 is 0 Å². The van der Waals surface area contributed by atoms with Gasteiger partial charge in [-0.2, -0.15) is 0 Å². The van der Waals surface area contributed by atoms with Gasteiger partial charge in [0.1, 0.15) is 0 Å². The summed E-state index contributed by atoms with van der Waals surface area (Å²) in [5.74, 6) is 0.624. The van der Waals surface area contributed by atoms with Crippen LogP contribution in [0.4, 0.5) is 0 Å². The molecule has 0 aliphatic rings. The van der Waals surface area contributed by atoms with E-state index in [1.54, 1.807) is 16.2 Å². The fourth-order valence-corrected chi connectivity index (χ4v) is 2.52. The van der Waals surface area contributed by atoms with Gasteiger partial charge in [-0.1, -0.05) is 13.8 Å². The highest BCUT2D eigenvalue weighted by Crippen LogP contribution is 2.12. The molecule has 0 aliphatic heterocycles. The average Bonchev–Trinajstić information content (AvgIpc) is 2.76. The third-order valence-electron chi connectivity index (χ3n) is 2.54. The summed E-state index contributed by atoms with van der Waals surface area (Å²) in [5, 5.41) is 1.98. The van der Waals surface area contributed by atoms with Crippen molar-refractivity contribution in [2.24, 2.45) is 5.92 Å². The second-order valence-electron chi connectivity index (χ2n) is 4.67. The topological polar surface area (TPSA) is 37.6 Å². The molecule has 0 N–H and O–H groups in total. The van der Waals surface area contributed by atoms with Crippen molar-refractivity contribution in [3.05, 3.63) is 23.5 Å². The lowest BCUT2D eigenvalue weighted by Crippen LogP contribution is -2.31. The molecule has 0 fully saturated rings. The van der Waals surface area contributed by atoms with Crippen LogP contribution in [0.15, 0.2) is 17.8 Å². The van der Waals surface area contributed by atoms with Crippen LogP contribution >= 0.6 is 11.3 Å². The van der Waals surface area contributed by atoms with Gasteiger partial charge in [-0.15, -0.1) is 11.3 Å². The number of carbonyl (C=O) groups excluding carboxylic acids is 1. The lowest BCUT2D eigenvalue weighted by Gasteiger charge is -2.18. The predicted octanol–water partition coefficient (Wildman–Crippen LogP) is 2.05. The summed E-state index contributed by atoms with van der Waals surface area (Å²) >= 11 is 1.58. The van der Waals surface area contributed by atoms with E-state index in [2.05, 4.69) is 18.8 Å². The van der Waals surface area contributed by atoms with Crippen molar-refractivity contribution in [2.75, 3.05) is 13.6 Å². The van der Waals surface area contributed by atoms with E-state index < -0.39 is 0 Å². The molecule has 0 aliphatic carbocycles. The van der Waals surface area contributed by atoms with E-state index in [-0.39, 0.29) is 5.91 Å². The average molecular weight is 251 g/mol. The first-order valence-electron chi connectivity index (χ1n) is 5.71. The van der Waals surface area contributed by atoms with Crippen LogP contribution in [0.25, 0.3) is 4.96 Å². The number of hydrogen-bond acceptors (Lipinski definition) is 3. The fourth-order valence-electron chi connectivity index (χ4n) is 1.80. The number of fused-ring (bicyclic) bond motifs is 1. The Balaban J connectivity index is 2.01. The van der Waals surface area contributed by atoms with Gasteiger partial charge in [0.15, 0.2) is 4.96 Å². The van der Waals surface area contributed by atoms with Crippen LogP contribution in [0.3, 0.4) is 0 Å². The molecule has 0 saturated heterocycles. The summed E-state index contributed by atoms with van der Waals surface area (Å²) in [6, 6.07) is 0. The largest absolute Gasteiger partial charge is 0.345 e. The normalized spacial score (nSPS) is 11.3. The molecule has 17 heavy (non-hydrogen) atoms. The number of imidazole rings is 1. The van der Waals surface area contributed by atoms with Crippen molar-refractivity contribution in [1.82, 2.24) is 14.3 Å². The lowest BCUT2D eigenvalue weighted by atomic mass is 10.2. The van der Waals surface area contributed by atoms with E-state index in [9.17, 15) is 4.79 Å². The molecule has 0 aromatic carbocycles. The number of likely N-dealkylation sites (N-methyl/N-ethyl adjacent to an activating group) is 1. The third kappa shape index (κ3) is 2.85. The first-order chi connectivity index (χ1) is 8.06. The number of nitrogens with zero attached hydrogens (tertiary/aromatic N) is 3. The zero-order valence-electron chi connectivity index (χ0n) is 10.4. The van der Waals surface area contributed by atoms with Crippen LogP contribution in [0.2, 0.25) is 0 Å². The third-order valence-corrected chi connectivity index (χ3v) is 3.31. The van der Waals surface area contributed by atoms with E-state index in [1.165, 1.54) is 0 Å². The molecule has 5 heteroatoms. The van der Waals surface area contributed by atoms with E-state index in [4.69, 9.17) is 0 Å². The predicted molar refractivity (Wildman–Crippen MR) is 69.2 cm³/mol. The quantitative estimate of drug-likeness (QED) is 0.834. The van der Waals surface area contributed by atoms with Crippen LogP contribution in [0.5, 0.6) is 0 Å². The van der Waals surface area contributed by atoms with Crippen LogP contribution in [0.1, 0.15) is 19.5 Å². The molecule has 2 aromatic heterocycles. The molecule has 0 saturated carbocycles. The monoisotopic (exact) mass is 251 g/mol. The van der Waals surface area contributed by atoms with Gasteiger partial charge in [0.05, 0.1) is 12.1 Å². The molecule has 2 heterocycles. The minimum atomic E-state index is 0.129. The number of thiazole rings is 1. The molecule has 0 radical (unpaired) electrons. The highest BCUT2D eigenvalue weighted by atomic mass is 32.1. The Morgan fingerprint density at radius 2 is 2.35 bits per heavy atom.